The van der Waals surface area contributed by atoms with E-state index in [1.54, 1.807) is 0 Å². The van der Waals surface area contributed by atoms with E-state index in [-0.39, 0.29) is 6.42 Å². The van der Waals surface area contributed by atoms with E-state index in [1.807, 2.05) is 48.5 Å². The molecule has 0 bridgehead atoms. The fraction of sp³-hybridized carbons (Fsp3) is 0.188. The predicted molar refractivity (Wildman–Crippen MR) is 80.4 cm³/mol. The van der Waals surface area contributed by atoms with E-state index in [9.17, 15) is 4.79 Å². The van der Waals surface area contributed by atoms with E-state index in [4.69, 9.17) is 9.84 Å². The van der Waals surface area contributed by atoms with Crippen molar-refractivity contribution in [1.82, 2.24) is 0 Å². The second kappa shape index (κ2) is 7.22. The van der Waals surface area contributed by atoms with Crippen molar-refractivity contribution in [3.8, 4) is 0 Å². The summed E-state index contributed by atoms with van der Waals surface area (Å²) in [5.74, 6) is -0.830. The first-order valence-electron chi connectivity index (χ1n) is 6.26. The van der Waals surface area contributed by atoms with Crippen LogP contribution in [-0.2, 0) is 29.2 Å². The van der Waals surface area contributed by atoms with Gasteiger partial charge in [0.05, 0.1) is 19.6 Å². The van der Waals surface area contributed by atoms with Gasteiger partial charge in [-0.2, -0.15) is 0 Å². The second-order valence-electron chi connectivity index (χ2n) is 4.42. The van der Waals surface area contributed by atoms with Gasteiger partial charge in [0.15, 0.2) is 0 Å². The summed E-state index contributed by atoms with van der Waals surface area (Å²) in [6.07, 6.45) is 0.0224. The van der Waals surface area contributed by atoms with E-state index < -0.39 is 5.97 Å². The number of ether oxygens (including phenoxy) is 1. The molecule has 2 aromatic carbocycles. The number of hydrogen-bond acceptors (Lipinski definition) is 2. The lowest BCUT2D eigenvalue weighted by molar-refractivity contribution is -0.136. The van der Waals surface area contributed by atoms with Crippen LogP contribution in [0, 0.1) is 0 Å². The average Bonchev–Trinajstić information content (AvgIpc) is 2.42. The quantitative estimate of drug-likeness (QED) is 0.874. The van der Waals surface area contributed by atoms with Crippen LogP contribution in [0.4, 0.5) is 0 Å². The summed E-state index contributed by atoms with van der Waals surface area (Å²) in [7, 11) is 0. The number of aliphatic carboxylic acids is 1. The van der Waals surface area contributed by atoms with Crippen molar-refractivity contribution in [3.63, 3.8) is 0 Å². The molecule has 0 amide bonds. The third-order valence-corrected chi connectivity index (χ3v) is 3.71. The molecule has 104 valence electrons. The van der Waals surface area contributed by atoms with E-state index in [1.165, 1.54) is 0 Å². The van der Waals surface area contributed by atoms with E-state index in [0.29, 0.717) is 13.2 Å². The Morgan fingerprint density at radius 1 is 0.950 bits per heavy atom. The summed E-state index contributed by atoms with van der Waals surface area (Å²) < 4.78 is 6.70. The number of hydrogen-bond donors (Lipinski definition) is 1. The fourth-order valence-electron chi connectivity index (χ4n) is 1.92. The Bertz CT molecular complexity index is 596. The maximum atomic E-state index is 10.8. The van der Waals surface area contributed by atoms with E-state index in [2.05, 4.69) is 15.9 Å². The van der Waals surface area contributed by atoms with Crippen LogP contribution >= 0.6 is 15.9 Å². The molecule has 0 aliphatic rings. The van der Waals surface area contributed by atoms with Gasteiger partial charge < -0.3 is 9.84 Å². The average molecular weight is 335 g/mol. The highest BCUT2D eigenvalue weighted by molar-refractivity contribution is 9.10. The molecule has 0 radical (unpaired) electrons. The van der Waals surface area contributed by atoms with Crippen molar-refractivity contribution in [3.05, 3.63) is 69.7 Å². The molecular weight excluding hydrogens is 320 g/mol. The summed E-state index contributed by atoms with van der Waals surface area (Å²) >= 11 is 3.47. The van der Waals surface area contributed by atoms with Crippen molar-refractivity contribution in [1.29, 1.82) is 0 Å². The monoisotopic (exact) mass is 334 g/mol. The van der Waals surface area contributed by atoms with Gasteiger partial charge in [0.2, 0.25) is 0 Å². The number of benzene rings is 2. The molecule has 0 saturated heterocycles. The minimum Gasteiger partial charge on any atom is -0.481 e. The molecule has 0 atom stereocenters. The van der Waals surface area contributed by atoms with Crippen LogP contribution < -0.4 is 0 Å². The molecule has 0 aliphatic heterocycles. The van der Waals surface area contributed by atoms with Crippen LogP contribution in [0.5, 0.6) is 0 Å². The molecule has 0 aromatic heterocycles. The van der Waals surface area contributed by atoms with Gasteiger partial charge in [0.25, 0.3) is 0 Å². The van der Waals surface area contributed by atoms with E-state index >= 15 is 0 Å². The van der Waals surface area contributed by atoms with Crippen LogP contribution in [0.25, 0.3) is 0 Å². The lowest BCUT2D eigenvalue weighted by Crippen LogP contribution is -2.05. The normalized spacial score (nSPS) is 10.4. The molecule has 0 aliphatic carbocycles. The Kier molecular flexibility index (Phi) is 5.32. The number of halogens is 1. The first-order valence-corrected chi connectivity index (χ1v) is 7.06. The lowest BCUT2D eigenvalue weighted by Gasteiger charge is -2.09. The third kappa shape index (κ3) is 4.18. The maximum absolute atomic E-state index is 10.8. The van der Waals surface area contributed by atoms with Crippen molar-refractivity contribution in [2.45, 2.75) is 19.6 Å². The lowest BCUT2D eigenvalue weighted by atomic mass is 10.1. The van der Waals surface area contributed by atoms with Gasteiger partial charge in [-0.25, -0.2) is 0 Å². The zero-order valence-electron chi connectivity index (χ0n) is 10.9. The smallest absolute Gasteiger partial charge is 0.307 e. The topological polar surface area (TPSA) is 46.5 Å². The van der Waals surface area contributed by atoms with Crippen LogP contribution in [0.3, 0.4) is 0 Å². The van der Waals surface area contributed by atoms with E-state index in [0.717, 1.165) is 21.2 Å². The zero-order valence-corrected chi connectivity index (χ0v) is 12.5. The Morgan fingerprint density at radius 2 is 1.50 bits per heavy atom. The van der Waals surface area contributed by atoms with Gasteiger partial charge in [0.1, 0.15) is 0 Å². The highest BCUT2D eigenvalue weighted by Crippen LogP contribution is 2.18. The molecule has 0 fully saturated rings. The summed E-state index contributed by atoms with van der Waals surface area (Å²) in [4.78, 5) is 10.8. The third-order valence-electron chi connectivity index (χ3n) is 2.93. The van der Waals surface area contributed by atoms with Gasteiger partial charge in [-0.15, -0.1) is 0 Å². The SMILES string of the molecule is O=C(O)Cc1ccccc1COCc1ccccc1Br. The van der Waals surface area contributed by atoms with Crippen LogP contribution in [0.2, 0.25) is 0 Å². The Morgan fingerprint density at radius 3 is 2.15 bits per heavy atom. The Labute approximate surface area is 126 Å². The number of carboxylic acids is 1. The summed E-state index contributed by atoms with van der Waals surface area (Å²) in [5.41, 5.74) is 2.79. The highest BCUT2D eigenvalue weighted by atomic mass is 79.9. The van der Waals surface area contributed by atoms with Gasteiger partial charge in [-0.3, -0.25) is 4.79 Å². The second-order valence-corrected chi connectivity index (χ2v) is 5.28. The van der Waals surface area contributed by atoms with Crippen LogP contribution in [0.1, 0.15) is 16.7 Å². The number of carbonyl (C=O) groups is 1. The number of carboxylic acid groups (broad SMARTS) is 1. The molecule has 1 N–H and O–H groups in total. The Balaban J connectivity index is 1.97. The van der Waals surface area contributed by atoms with Gasteiger partial charge in [0, 0.05) is 4.47 Å². The van der Waals surface area contributed by atoms with Crippen molar-refractivity contribution in [2.75, 3.05) is 0 Å². The molecule has 4 heteroatoms. The first-order chi connectivity index (χ1) is 9.66. The molecule has 0 saturated carbocycles. The van der Waals surface area contributed by atoms with Gasteiger partial charge >= 0.3 is 5.97 Å². The van der Waals surface area contributed by atoms with Crippen molar-refractivity contribution >= 4 is 21.9 Å². The van der Waals surface area contributed by atoms with Crippen molar-refractivity contribution in [2.24, 2.45) is 0 Å². The van der Waals surface area contributed by atoms with Crippen molar-refractivity contribution < 1.29 is 14.6 Å². The number of rotatable bonds is 6. The summed E-state index contributed by atoms with van der Waals surface area (Å²) in [5, 5.41) is 8.88. The van der Waals surface area contributed by atoms with Crippen LogP contribution in [0.15, 0.2) is 53.0 Å². The summed E-state index contributed by atoms with van der Waals surface area (Å²) in [6, 6.07) is 15.3. The first kappa shape index (κ1) is 14.8. The Hall–Kier alpha value is -1.65. The predicted octanol–water partition coefficient (Wildman–Crippen LogP) is 3.79. The zero-order chi connectivity index (χ0) is 14.4. The molecule has 0 spiro atoms. The molecule has 2 rings (SSSR count). The molecule has 0 unspecified atom stereocenters. The molecule has 3 nitrogen and oxygen atoms in total. The van der Waals surface area contributed by atoms with Gasteiger partial charge in [-0.05, 0) is 22.8 Å². The highest BCUT2D eigenvalue weighted by Gasteiger charge is 2.06. The fourth-order valence-corrected chi connectivity index (χ4v) is 2.32. The van der Waals surface area contributed by atoms with Gasteiger partial charge in [-0.1, -0.05) is 58.4 Å². The minimum atomic E-state index is -0.830. The maximum Gasteiger partial charge on any atom is 0.307 e. The van der Waals surface area contributed by atoms with Crippen LogP contribution in [-0.4, -0.2) is 11.1 Å². The largest absolute Gasteiger partial charge is 0.481 e. The standard InChI is InChI=1S/C16H15BrO3/c17-15-8-4-3-7-14(15)11-20-10-13-6-2-1-5-12(13)9-16(18)19/h1-8H,9-11H2,(H,18,19). The molecule has 20 heavy (non-hydrogen) atoms. The minimum absolute atomic E-state index is 0.0224. The molecular formula is C16H15BrO3. The summed E-state index contributed by atoms with van der Waals surface area (Å²) in [6.45, 7) is 0.896. The molecule has 2 aromatic rings. The molecule has 0 heterocycles.